The van der Waals surface area contributed by atoms with E-state index in [0.29, 0.717) is 12.5 Å². The summed E-state index contributed by atoms with van der Waals surface area (Å²) in [6, 6.07) is 0.0692. The first kappa shape index (κ1) is 14.8. The number of aryl methyl sites for hydroxylation is 2. The minimum atomic E-state index is 0.0692. The van der Waals surface area contributed by atoms with Gasteiger partial charge in [-0.25, -0.2) is 0 Å². The lowest BCUT2D eigenvalue weighted by molar-refractivity contribution is 0.0188. The van der Waals surface area contributed by atoms with Crippen molar-refractivity contribution in [1.29, 1.82) is 0 Å². The third-order valence-electron chi connectivity index (χ3n) is 3.73. The zero-order valence-electron chi connectivity index (χ0n) is 11.8. The van der Waals surface area contributed by atoms with Gasteiger partial charge in [-0.05, 0) is 32.6 Å². The SMILES string of the molecule is CCOC(C1CC1)C(Cc1c(Cl)c(C)nn1C)NN. The van der Waals surface area contributed by atoms with Crippen LogP contribution in [0.4, 0.5) is 0 Å². The molecule has 6 heteroatoms. The standard InChI is InChI=1S/C13H23ClN4O/c1-4-19-13(9-5-6-9)10(16-15)7-11-12(14)8(2)17-18(11)3/h9-10,13,16H,4-7,15H2,1-3H3. The second-order valence-electron chi connectivity index (χ2n) is 5.20. The van der Waals surface area contributed by atoms with Gasteiger partial charge in [0.1, 0.15) is 0 Å². The van der Waals surface area contributed by atoms with Crippen LogP contribution in [0, 0.1) is 12.8 Å². The minimum absolute atomic E-state index is 0.0692. The van der Waals surface area contributed by atoms with E-state index in [-0.39, 0.29) is 12.1 Å². The second-order valence-corrected chi connectivity index (χ2v) is 5.58. The molecule has 5 nitrogen and oxygen atoms in total. The number of halogens is 1. The molecule has 0 aromatic carbocycles. The highest BCUT2D eigenvalue weighted by Crippen LogP contribution is 2.36. The van der Waals surface area contributed by atoms with Crippen molar-refractivity contribution in [1.82, 2.24) is 15.2 Å². The molecule has 0 saturated heterocycles. The van der Waals surface area contributed by atoms with Crippen molar-refractivity contribution < 1.29 is 4.74 Å². The molecule has 0 bridgehead atoms. The van der Waals surface area contributed by atoms with Crippen molar-refractivity contribution in [2.75, 3.05) is 6.61 Å². The van der Waals surface area contributed by atoms with E-state index in [2.05, 4.69) is 10.5 Å². The summed E-state index contributed by atoms with van der Waals surface area (Å²) >= 11 is 6.30. The van der Waals surface area contributed by atoms with Gasteiger partial charge in [0.2, 0.25) is 0 Å². The van der Waals surface area contributed by atoms with Gasteiger partial charge in [-0.3, -0.25) is 16.0 Å². The van der Waals surface area contributed by atoms with E-state index in [1.165, 1.54) is 12.8 Å². The number of nitrogens with two attached hydrogens (primary N) is 1. The normalized spacial score (nSPS) is 18.6. The van der Waals surface area contributed by atoms with Crippen molar-refractivity contribution in [3.8, 4) is 0 Å². The fourth-order valence-corrected chi connectivity index (χ4v) is 2.82. The molecule has 1 saturated carbocycles. The van der Waals surface area contributed by atoms with Crippen LogP contribution in [0.25, 0.3) is 0 Å². The van der Waals surface area contributed by atoms with Crippen molar-refractivity contribution in [2.24, 2.45) is 18.8 Å². The molecule has 1 aliphatic carbocycles. The molecule has 2 atom stereocenters. The van der Waals surface area contributed by atoms with Crippen LogP contribution in [0.15, 0.2) is 0 Å². The van der Waals surface area contributed by atoms with Crippen LogP contribution in [0.2, 0.25) is 5.02 Å². The van der Waals surface area contributed by atoms with Gasteiger partial charge in [-0.15, -0.1) is 0 Å². The first-order chi connectivity index (χ1) is 9.08. The summed E-state index contributed by atoms with van der Waals surface area (Å²) in [7, 11) is 1.91. The molecule has 108 valence electrons. The Labute approximate surface area is 119 Å². The van der Waals surface area contributed by atoms with E-state index in [0.717, 1.165) is 22.8 Å². The lowest BCUT2D eigenvalue weighted by atomic mass is 10.0. The van der Waals surface area contributed by atoms with Gasteiger partial charge < -0.3 is 4.74 Å². The predicted molar refractivity (Wildman–Crippen MR) is 75.9 cm³/mol. The molecule has 1 aliphatic rings. The fourth-order valence-electron chi connectivity index (χ4n) is 2.58. The number of nitrogens with zero attached hydrogens (tertiary/aromatic N) is 2. The molecule has 1 aromatic rings. The molecular weight excluding hydrogens is 264 g/mol. The number of nitrogens with one attached hydrogen (secondary N) is 1. The van der Waals surface area contributed by atoms with E-state index >= 15 is 0 Å². The van der Waals surface area contributed by atoms with E-state index in [1.807, 2.05) is 25.6 Å². The fraction of sp³-hybridized carbons (Fsp3) is 0.769. The molecule has 0 radical (unpaired) electrons. The first-order valence-electron chi connectivity index (χ1n) is 6.84. The highest BCUT2D eigenvalue weighted by atomic mass is 35.5. The Kier molecular flexibility index (Phi) is 4.84. The van der Waals surface area contributed by atoms with E-state index < -0.39 is 0 Å². The first-order valence-corrected chi connectivity index (χ1v) is 7.22. The Morgan fingerprint density at radius 2 is 2.26 bits per heavy atom. The summed E-state index contributed by atoms with van der Waals surface area (Å²) in [5.41, 5.74) is 4.76. The summed E-state index contributed by atoms with van der Waals surface area (Å²) in [5, 5.41) is 5.07. The van der Waals surface area contributed by atoms with Crippen LogP contribution < -0.4 is 11.3 Å². The zero-order chi connectivity index (χ0) is 14.0. The second kappa shape index (κ2) is 6.22. The van der Waals surface area contributed by atoms with Crippen LogP contribution in [0.3, 0.4) is 0 Å². The summed E-state index contributed by atoms with van der Waals surface area (Å²) < 4.78 is 7.69. The average molecular weight is 287 g/mol. The molecule has 2 unspecified atom stereocenters. The van der Waals surface area contributed by atoms with Gasteiger partial charge in [0.05, 0.1) is 28.6 Å². The maximum atomic E-state index is 6.30. The van der Waals surface area contributed by atoms with Gasteiger partial charge >= 0.3 is 0 Å². The zero-order valence-corrected chi connectivity index (χ0v) is 12.6. The van der Waals surface area contributed by atoms with Crippen molar-refractivity contribution >= 4 is 11.6 Å². The van der Waals surface area contributed by atoms with Gasteiger partial charge in [0.25, 0.3) is 0 Å². The lowest BCUT2D eigenvalue weighted by Gasteiger charge is -2.26. The Hall–Kier alpha value is -0.620. The van der Waals surface area contributed by atoms with E-state index in [4.69, 9.17) is 22.2 Å². The third kappa shape index (κ3) is 3.28. The summed E-state index contributed by atoms with van der Waals surface area (Å²) in [4.78, 5) is 0. The van der Waals surface area contributed by atoms with Gasteiger partial charge in [-0.2, -0.15) is 5.10 Å². The number of rotatable bonds is 7. The molecule has 19 heavy (non-hydrogen) atoms. The number of ether oxygens (including phenoxy) is 1. The van der Waals surface area contributed by atoms with Gasteiger partial charge in [0, 0.05) is 20.1 Å². The molecule has 2 rings (SSSR count). The maximum Gasteiger partial charge on any atom is 0.0847 e. The topological polar surface area (TPSA) is 65.1 Å². The number of aromatic nitrogens is 2. The average Bonchev–Trinajstić information content (AvgIpc) is 3.17. The molecule has 3 N–H and O–H groups in total. The van der Waals surface area contributed by atoms with Gasteiger partial charge in [-0.1, -0.05) is 11.6 Å². The molecule has 1 aromatic heterocycles. The van der Waals surface area contributed by atoms with E-state index in [9.17, 15) is 0 Å². The highest BCUT2D eigenvalue weighted by Gasteiger charge is 2.37. The third-order valence-corrected chi connectivity index (χ3v) is 4.22. The summed E-state index contributed by atoms with van der Waals surface area (Å²) in [6.45, 7) is 4.64. The van der Waals surface area contributed by atoms with Crippen LogP contribution in [-0.4, -0.2) is 28.5 Å². The Balaban J connectivity index is 2.13. The molecular formula is C13H23ClN4O. The largest absolute Gasteiger partial charge is 0.377 e. The molecule has 0 aliphatic heterocycles. The van der Waals surface area contributed by atoms with Crippen LogP contribution in [0.5, 0.6) is 0 Å². The predicted octanol–water partition coefficient (Wildman–Crippen LogP) is 1.57. The van der Waals surface area contributed by atoms with Crippen molar-refractivity contribution in [3.05, 3.63) is 16.4 Å². The van der Waals surface area contributed by atoms with Crippen molar-refractivity contribution in [3.63, 3.8) is 0 Å². The molecule has 0 spiro atoms. The van der Waals surface area contributed by atoms with Gasteiger partial charge in [0.15, 0.2) is 0 Å². The van der Waals surface area contributed by atoms with Crippen molar-refractivity contribution in [2.45, 2.75) is 45.3 Å². The monoisotopic (exact) mass is 286 g/mol. The molecule has 1 heterocycles. The highest BCUT2D eigenvalue weighted by molar-refractivity contribution is 6.31. The quantitative estimate of drug-likeness (QED) is 0.590. The number of hydrogen-bond donors (Lipinski definition) is 2. The van der Waals surface area contributed by atoms with E-state index in [1.54, 1.807) is 0 Å². The van der Waals surface area contributed by atoms with Crippen LogP contribution in [-0.2, 0) is 18.2 Å². The Morgan fingerprint density at radius 3 is 2.68 bits per heavy atom. The van der Waals surface area contributed by atoms with Crippen LogP contribution in [0.1, 0.15) is 31.2 Å². The lowest BCUT2D eigenvalue weighted by Crippen LogP contribution is -2.48. The number of hydrogen-bond acceptors (Lipinski definition) is 4. The molecule has 0 amide bonds. The Morgan fingerprint density at radius 1 is 1.58 bits per heavy atom. The molecule has 1 fully saturated rings. The minimum Gasteiger partial charge on any atom is -0.377 e. The maximum absolute atomic E-state index is 6.30. The van der Waals surface area contributed by atoms with Crippen LogP contribution >= 0.6 is 11.6 Å². The summed E-state index contributed by atoms with van der Waals surface area (Å²) in [5.74, 6) is 6.34. The summed E-state index contributed by atoms with van der Waals surface area (Å²) in [6.07, 6.45) is 3.33. The Bertz CT molecular complexity index is 431. The smallest absolute Gasteiger partial charge is 0.0847 e. The number of hydrazine groups is 1.